The zero-order chi connectivity index (χ0) is 12.3. The first kappa shape index (κ1) is 15.1. The second-order valence-corrected chi connectivity index (χ2v) is 6.56. The minimum atomic E-state index is -4.45. The van der Waals surface area contributed by atoms with Crippen LogP contribution in [0.25, 0.3) is 0 Å². The third-order valence-electron chi connectivity index (χ3n) is 1.35. The van der Waals surface area contributed by atoms with Gasteiger partial charge < -0.3 is 14.5 Å². The smallest absolute Gasteiger partial charge is 0.378 e. The molecule has 0 atom stereocenters. The monoisotopic (exact) mass is 240 g/mol. The fraction of sp³-hybridized carbons (Fsp3) is 1.00. The molecule has 0 aliphatic carbocycles. The second kappa shape index (κ2) is 4.93. The van der Waals surface area contributed by atoms with E-state index in [1.165, 1.54) is 0 Å². The van der Waals surface area contributed by atoms with E-state index in [1.54, 1.807) is 13.8 Å². The lowest BCUT2D eigenvalue weighted by Gasteiger charge is -2.27. The Hall–Kier alpha value is 0.0700. The molecule has 0 aromatic carbocycles. The fourth-order valence-corrected chi connectivity index (χ4v) is 1.65. The number of phosphoric ester groups is 1. The molecule has 0 aromatic rings. The van der Waals surface area contributed by atoms with Gasteiger partial charge in [0.15, 0.2) is 0 Å². The normalized spacial score (nSPS) is 14.3. The zero-order valence-corrected chi connectivity index (χ0v) is 10.9. The minimum Gasteiger partial charge on any atom is -0.378 e. The maximum Gasteiger partial charge on any atom is 0.470 e. The molecule has 0 aromatic heterocycles. The molecule has 6 heteroatoms. The van der Waals surface area contributed by atoms with Crippen LogP contribution in [-0.4, -0.2) is 28.6 Å². The van der Waals surface area contributed by atoms with Crippen LogP contribution in [0.1, 0.15) is 34.6 Å². The summed E-state index contributed by atoms with van der Waals surface area (Å²) in [6, 6.07) is 0. The number of ether oxygens (including phenoxy) is 1. The van der Waals surface area contributed by atoms with Crippen LogP contribution in [0, 0.1) is 5.41 Å². The van der Waals surface area contributed by atoms with E-state index in [1.807, 2.05) is 20.8 Å². The van der Waals surface area contributed by atoms with Crippen molar-refractivity contribution < 1.29 is 23.6 Å². The van der Waals surface area contributed by atoms with Crippen molar-refractivity contribution in [3.8, 4) is 0 Å². The van der Waals surface area contributed by atoms with Gasteiger partial charge in [0.05, 0.1) is 18.8 Å². The van der Waals surface area contributed by atoms with E-state index in [2.05, 4.69) is 4.52 Å². The molecule has 0 aliphatic heterocycles. The Kier molecular flexibility index (Phi) is 4.96. The summed E-state index contributed by atoms with van der Waals surface area (Å²) in [5.41, 5.74) is -0.956. The maximum absolute atomic E-state index is 10.6. The van der Waals surface area contributed by atoms with Gasteiger partial charge in [0, 0.05) is 0 Å². The van der Waals surface area contributed by atoms with Gasteiger partial charge >= 0.3 is 7.82 Å². The average Bonchev–Trinajstić information content (AvgIpc) is 1.75. The molecule has 0 aliphatic rings. The van der Waals surface area contributed by atoms with Gasteiger partial charge in [-0.05, 0) is 19.3 Å². The van der Waals surface area contributed by atoms with Gasteiger partial charge in [-0.15, -0.1) is 0 Å². The lowest BCUT2D eigenvalue weighted by Crippen LogP contribution is -2.31. The number of phosphoric acid groups is 1. The minimum absolute atomic E-state index is 0.0260. The highest BCUT2D eigenvalue weighted by Crippen LogP contribution is 2.41. The van der Waals surface area contributed by atoms with Crippen molar-refractivity contribution >= 4 is 7.82 Å². The van der Waals surface area contributed by atoms with Crippen molar-refractivity contribution in [1.82, 2.24) is 0 Å². The molecule has 0 radical (unpaired) electrons. The van der Waals surface area contributed by atoms with Crippen molar-refractivity contribution in [1.29, 1.82) is 0 Å². The molecule has 92 valence electrons. The maximum atomic E-state index is 10.6. The lowest BCUT2D eigenvalue weighted by molar-refractivity contribution is -0.0372. The summed E-state index contributed by atoms with van der Waals surface area (Å²) in [4.78, 5) is 17.3. The molecule has 0 spiro atoms. The third kappa shape index (κ3) is 10.4. The van der Waals surface area contributed by atoms with Crippen molar-refractivity contribution in [3.05, 3.63) is 0 Å². The lowest BCUT2D eigenvalue weighted by atomic mass is 9.98. The highest BCUT2D eigenvalue weighted by atomic mass is 31.2. The predicted octanol–water partition coefficient (Wildman–Crippen LogP) is 1.94. The fourth-order valence-electron chi connectivity index (χ4n) is 0.951. The van der Waals surface area contributed by atoms with Crippen molar-refractivity contribution in [2.75, 3.05) is 13.2 Å². The van der Waals surface area contributed by atoms with E-state index in [9.17, 15) is 4.57 Å². The van der Waals surface area contributed by atoms with E-state index in [0.717, 1.165) is 0 Å². The van der Waals surface area contributed by atoms with Crippen LogP contribution < -0.4 is 0 Å². The molecule has 0 saturated heterocycles. The Morgan fingerprint density at radius 3 is 1.87 bits per heavy atom. The second-order valence-electron chi connectivity index (χ2n) is 5.40. The Balaban J connectivity index is 4.00. The molecule has 0 heterocycles. The van der Waals surface area contributed by atoms with Crippen molar-refractivity contribution in [2.24, 2.45) is 5.41 Å². The van der Waals surface area contributed by atoms with Crippen LogP contribution in [0.3, 0.4) is 0 Å². The molecular formula is C9H21O5P. The van der Waals surface area contributed by atoms with Crippen molar-refractivity contribution in [3.63, 3.8) is 0 Å². The highest BCUT2D eigenvalue weighted by molar-refractivity contribution is 7.46. The summed E-state index contributed by atoms with van der Waals surface area (Å²) in [7, 11) is -4.45. The molecule has 0 rings (SSSR count). The summed E-state index contributed by atoms with van der Waals surface area (Å²) in [5, 5.41) is 0. The standard InChI is InChI=1S/C9H21O5P/c1-8(2,3)6-13-7-9(4,5)14-15(10,11)12/h6-7H2,1-5H3,(H2,10,11,12). The number of rotatable bonds is 5. The first-order valence-electron chi connectivity index (χ1n) is 4.75. The van der Waals surface area contributed by atoms with Gasteiger partial charge in [-0.25, -0.2) is 4.57 Å². The van der Waals surface area contributed by atoms with Crippen LogP contribution in [0.5, 0.6) is 0 Å². The highest BCUT2D eigenvalue weighted by Gasteiger charge is 2.29. The van der Waals surface area contributed by atoms with E-state index in [-0.39, 0.29) is 12.0 Å². The van der Waals surface area contributed by atoms with Gasteiger partial charge in [0.1, 0.15) is 0 Å². The molecule has 0 fully saturated rings. The Morgan fingerprint density at radius 1 is 1.07 bits per heavy atom. The Labute approximate surface area is 91.0 Å². The van der Waals surface area contributed by atoms with Crippen LogP contribution in [0.2, 0.25) is 0 Å². The molecule has 0 unspecified atom stereocenters. The molecular weight excluding hydrogens is 219 g/mol. The molecule has 15 heavy (non-hydrogen) atoms. The first-order chi connectivity index (χ1) is 6.41. The largest absolute Gasteiger partial charge is 0.470 e. The Morgan fingerprint density at radius 2 is 1.53 bits per heavy atom. The quantitative estimate of drug-likeness (QED) is 0.718. The van der Waals surface area contributed by atoms with Gasteiger partial charge in [-0.2, -0.15) is 0 Å². The van der Waals surface area contributed by atoms with Gasteiger partial charge in [0.2, 0.25) is 0 Å². The first-order valence-corrected chi connectivity index (χ1v) is 6.28. The summed E-state index contributed by atoms with van der Waals surface area (Å²) in [6.45, 7) is 9.87. The molecule has 0 bridgehead atoms. The average molecular weight is 240 g/mol. The van der Waals surface area contributed by atoms with Crippen LogP contribution in [0.15, 0.2) is 0 Å². The Bertz CT molecular complexity index is 237. The van der Waals surface area contributed by atoms with E-state index in [4.69, 9.17) is 14.5 Å². The molecule has 0 amide bonds. The van der Waals surface area contributed by atoms with Gasteiger partial charge in [-0.3, -0.25) is 4.52 Å². The van der Waals surface area contributed by atoms with Gasteiger partial charge in [-0.1, -0.05) is 20.8 Å². The van der Waals surface area contributed by atoms with Crippen molar-refractivity contribution in [2.45, 2.75) is 40.2 Å². The van der Waals surface area contributed by atoms with Gasteiger partial charge in [0.25, 0.3) is 0 Å². The number of hydrogen-bond acceptors (Lipinski definition) is 3. The summed E-state index contributed by atoms with van der Waals surface area (Å²) in [6.07, 6.45) is 0. The summed E-state index contributed by atoms with van der Waals surface area (Å²) >= 11 is 0. The van der Waals surface area contributed by atoms with Crippen LogP contribution in [0.4, 0.5) is 0 Å². The van der Waals surface area contributed by atoms with E-state index >= 15 is 0 Å². The summed E-state index contributed by atoms with van der Waals surface area (Å²) < 4.78 is 20.5. The number of hydrogen-bond donors (Lipinski definition) is 2. The van der Waals surface area contributed by atoms with Crippen LogP contribution >= 0.6 is 7.82 Å². The summed E-state index contributed by atoms with van der Waals surface area (Å²) in [5.74, 6) is 0. The van der Waals surface area contributed by atoms with E-state index in [0.29, 0.717) is 6.61 Å². The predicted molar refractivity (Wildman–Crippen MR) is 57.5 cm³/mol. The van der Waals surface area contributed by atoms with E-state index < -0.39 is 13.4 Å². The molecule has 0 saturated carbocycles. The van der Waals surface area contributed by atoms with Crippen LogP contribution in [-0.2, 0) is 13.8 Å². The SMILES string of the molecule is CC(C)(C)COCC(C)(C)OP(=O)(O)O. The third-order valence-corrected chi connectivity index (χ3v) is 2.08. The topological polar surface area (TPSA) is 76.0 Å². The zero-order valence-electron chi connectivity index (χ0n) is 9.98. The molecule has 5 nitrogen and oxygen atoms in total. The molecule has 2 N–H and O–H groups in total.